The lowest BCUT2D eigenvalue weighted by molar-refractivity contribution is 0.250. The van der Waals surface area contributed by atoms with Crippen LogP contribution in [0.1, 0.15) is 32.3 Å². The molecule has 0 N–H and O–H groups in total. The molecule has 0 bridgehead atoms. The second kappa shape index (κ2) is 6.95. The molecular formula is C17H21BrO. The number of benzene rings is 2. The van der Waals surface area contributed by atoms with E-state index >= 15 is 0 Å². The molecule has 19 heavy (non-hydrogen) atoms. The van der Waals surface area contributed by atoms with Gasteiger partial charge in [-0.1, -0.05) is 66.5 Å². The zero-order valence-electron chi connectivity index (χ0n) is 11.7. The molecule has 0 aliphatic carbocycles. The fourth-order valence-corrected chi connectivity index (χ4v) is 2.98. The van der Waals surface area contributed by atoms with E-state index in [9.17, 15) is 0 Å². The number of ether oxygens (including phenoxy) is 1. The molecule has 1 atom stereocenters. The molecule has 0 aliphatic rings. The molecule has 0 aromatic heterocycles. The van der Waals surface area contributed by atoms with Gasteiger partial charge in [-0.3, -0.25) is 0 Å². The molecule has 0 fully saturated rings. The average Bonchev–Trinajstić information content (AvgIpc) is 2.44. The van der Waals surface area contributed by atoms with E-state index in [4.69, 9.17) is 4.74 Å². The topological polar surface area (TPSA) is 9.23 Å². The summed E-state index contributed by atoms with van der Waals surface area (Å²) in [6, 6.07) is 12.7. The first-order valence-corrected chi connectivity index (χ1v) is 8.07. The lowest BCUT2D eigenvalue weighted by Gasteiger charge is -2.16. The van der Waals surface area contributed by atoms with Crippen LogP contribution in [0.2, 0.25) is 0 Å². The number of rotatable bonds is 6. The zero-order chi connectivity index (χ0) is 13.7. The summed E-state index contributed by atoms with van der Waals surface area (Å²) >= 11 is 3.59. The molecule has 0 aliphatic heterocycles. The third kappa shape index (κ3) is 3.50. The number of halogens is 1. The SMILES string of the molecule is CCCC(C)COc1ccc2ccccc2c1CBr. The van der Waals surface area contributed by atoms with Crippen LogP contribution in [-0.2, 0) is 5.33 Å². The molecule has 0 radical (unpaired) electrons. The predicted molar refractivity (Wildman–Crippen MR) is 86.1 cm³/mol. The van der Waals surface area contributed by atoms with E-state index in [1.807, 2.05) is 0 Å². The average molecular weight is 321 g/mol. The van der Waals surface area contributed by atoms with Gasteiger partial charge in [-0.2, -0.15) is 0 Å². The van der Waals surface area contributed by atoms with Gasteiger partial charge < -0.3 is 4.74 Å². The van der Waals surface area contributed by atoms with Crippen molar-refractivity contribution in [1.82, 2.24) is 0 Å². The van der Waals surface area contributed by atoms with Crippen LogP contribution in [0, 0.1) is 5.92 Å². The summed E-state index contributed by atoms with van der Waals surface area (Å²) in [5.74, 6) is 1.62. The van der Waals surface area contributed by atoms with Crippen LogP contribution in [0.3, 0.4) is 0 Å². The first kappa shape index (κ1) is 14.4. The molecule has 1 unspecified atom stereocenters. The highest BCUT2D eigenvalue weighted by molar-refractivity contribution is 9.08. The van der Waals surface area contributed by atoms with E-state index in [-0.39, 0.29) is 0 Å². The van der Waals surface area contributed by atoms with Gasteiger partial charge in [-0.25, -0.2) is 0 Å². The van der Waals surface area contributed by atoms with E-state index in [1.54, 1.807) is 0 Å². The van der Waals surface area contributed by atoms with Gasteiger partial charge in [0.2, 0.25) is 0 Å². The van der Waals surface area contributed by atoms with E-state index in [0.717, 1.165) is 17.7 Å². The molecular weight excluding hydrogens is 300 g/mol. The van der Waals surface area contributed by atoms with Crippen molar-refractivity contribution >= 4 is 26.7 Å². The van der Waals surface area contributed by atoms with Gasteiger partial charge in [-0.15, -0.1) is 0 Å². The van der Waals surface area contributed by atoms with E-state index in [2.05, 4.69) is 66.2 Å². The first-order chi connectivity index (χ1) is 9.26. The lowest BCUT2D eigenvalue weighted by atomic mass is 10.0. The standard InChI is InChI=1S/C17H21BrO/c1-3-6-13(2)12-19-17-10-9-14-7-4-5-8-15(14)16(17)11-18/h4-5,7-10,13H,3,6,11-12H2,1-2H3. The number of hydrogen-bond donors (Lipinski definition) is 0. The third-order valence-electron chi connectivity index (χ3n) is 3.44. The summed E-state index contributed by atoms with van der Waals surface area (Å²) in [7, 11) is 0. The van der Waals surface area contributed by atoms with Crippen LogP contribution >= 0.6 is 15.9 Å². The minimum absolute atomic E-state index is 0.611. The van der Waals surface area contributed by atoms with Crippen LogP contribution in [0.25, 0.3) is 10.8 Å². The van der Waals surface area contributed by atoms with Crippen molar-refractivity contribution in [2.45, 2.75) is 32.0 Å². The second-order valence-corrected chi connectivity index (χ2v) is 5.66. The maximum atomic E-state index is 6.02. The Morgan fingerprint density at radius 1 is 1.16 bits per heavy atom. The molecule has 2 rings (SSSR count). The summed E-state index contributed by atoms with van der Waals surface area (Å²) in [5.41, 5.74) is 1.25. The molecule has 0 spiro atoms. The van der Waals surface area contributed by atoms with Gasteiger partial charge >= 0.3 is 0 Å². The van der Waals surface area contributed by atoms with Crippen molar-refractivity contribution in [2.24, 2.45) is 5.92 Å². The molecule has 0 amide bonds. The first-order valence-electron chi connectivity index (χ1n) is 6.95. The molecule has 2 aromatic carbocycles. The van der Waals surface area contributed by atoms with E-state index in [0.29, 0.717) is 5.92 Å². The fraction of sp³-hybridized carbons (Fsp3) is 0.412. The van der Waals surface area contributed by atoms with Crippen LogP contribution in [0.15, 0.2) is 36.4 Å². The minimum Gasteiger partial charge on any atom is -0.493 e. The summed E-state index contributed by atoms with van der Waals surface area (Å²) < 4.78 is 6.02. The van der Waals surface area contributed by atoms with Crippen LogP contribution in [-0.4, -0.2) is 6.61 Å². The number of fused-ring (bicyclic) bond motifs is 1. The smallest absolute Gasteiger partial charge is 0.123 e. The molecule has 2 aromatic rings. The monoisotopic (exact) mass is 320 g/mol. The maximum absolute atomic E-state index is 6.02. The molecule has 2 heteroatoms. The summed E-state index contributed by atoms with van der Waals surface area (Å²) in [4.78, 5) is 0. The molecule has 0 saturated carbocycles. The molecule has 0 heterocycles. The molecule has 0 saturated heterocycles. The fourth-order valence-electron chi connectivity index (χ4n) is 2.40. The van der Waals surface area contributed by atoms with Crippen molar-refractivity contribution in [3.8, 4) is 5.75 Å². The van der Waals surface area contributed by atoms with Gasteiger partial charge in [-0.05, 0) is 29.2 Å². The zero-order valence-corrected chi connectivity index (χ0v) is 13.2. The highest BCUT2D eigenvalue weighted by Crippen LogP contribution is 2.30. The highest BCUT2D eigenvalue weighted by atomic mass is 79.9. The van der Waals surface area contributed by atoms with Gasteiger partial charge in [0, 0.05) is 10.9 Å². The molecule has 1 nitrogen and oxygen atoms in total. The Hall–Kier alpha value is -1.02. The normalized spacial score (nSPS) is 12.6. The van der Waals surface area contributed by atoms with Crippen molar-refractivity contribution in [3.05, 3.63) is 42.0 Å². The van der Waals surface area contributed by atoms with Crippen molar-refractivity contribution in [2.75, 3.05) is 6.61 Å². The Labute approximate surface area is 124 Å². The Kier molecular flexibility index (Phi) is 5.26. The summed E-state index contributed by atoms with van der Waals surface area (Å²) in [5, 5.41) is 3.37. The second-order valence-electron chi connectivity index (χ2n) is 5.10. The van der Waals surface area contributed by atoms with Crippen molar-refractivity contribution in [3.63, 3.8) is 0 Å². The van der Waals surface area contributed by atoms with E-state index in [1.165, 1.54) is 29.2 Å². The van der Waals surface area contributed by atoms with Crippen LogP contribution in [0.4, 0.5) is 0 Å². The quantitative estimate of drug-likeness (QED) is 0.634. The van der Waals surface area contributed by atoms with Gasteiger partial charge in [0.1, 0.15) is 5.75 Å². The Morgan fingerprint density at radius 3 is 2.68 bits per heavy atom. The van der Waals surface area contributed by atoms with Crippen molar-refractivity contribution < 1.29 is 4.74 Å². The maximum Gasteiger partial charge on any atom is 0.123 e. The molecule has 102 valence electrons. The van der Waals surface area contributed by atoms with Gasteiger partial charge in [0.25, 0.3) is 0 Å². The largest absolute Gasteiger partial charge is 0.493 e. The van der Waals surface area contributed by atoms with Crippen LogP contribution in [0.5, 0.6) is 5.75 Å². The van der Waals surface area contributed by atoms with Gasteiger partial charge in [0.15, 0.2) is 0 Å². The highest BCUT2D eigenvalue weighted by Gasteiger charge is 2.09. The summed E-state index contributed by atoms with van der Waals surface area (Å²) in [6.07, 6.45) is 2.44. The minimum atomic E-state index is 0.611. The lowest BCUT2D eigenvalue weighted by Crippen LogP contribution is -2.09. The van der Waals surface area contributed by atoms with Crippen molar-refractivity contribution in [1.29, 1.82) is 0 Å². The summed E-state index contributed by atoms with van der Waals surface area (Å²) in [6.45, 7) is 5.26. The van der Waals surface area contributed by atoms with Gasteiger partial charge in [0.05, 0.1) is 6.61 Å². The van der Waals surface area contributed by atoms with Crippen LogP contribution < -0.4 is 4.74 Å². The Bertz CT molecular complexity index is 536. The van der Waals surface area contributed by atoms with E-state index < -0.39 is 0 Å². The predicted octanol–water partition coefficient (Wildman–Crippen LogP) is 5.55. The Balaban J connectivity index is 2.23. The number of hydrogen-bond acceptors (Lipinski definition) is 1. The third-order valence-corrected chi connectivity index (χ3v) is 4.00. The Morgan fingerprint density at radius 2 is 1.95 bits per heavy atom. The number of alkyl halides is 1.